The van der Waals surface area contributed by atoms with E-state index in [1.54, 1.807) is 24.8 Å². The summed E-state index contributed by atoms with van der Waals surface area (Å²) in [5.41, 5.74) is 0.666. The predicted octanol–water partition coefficient (Wildman–Crippen LogP) is 0.717. The first-order valence-corrected chi connectivity index (χ1v) is 13.2. The molecule has 2 aliphatic heterocycles. The van der Waals surface area contributed by atoms with Gasteiger partial charge in [-0.15, -0.1) is 0 Å². The first-order valence-electron chi connectivity index (χ1n) is 9.83. The molecular formula is C19H28N2O7S2. The summed E-state index contributed by atoms with van der Waals surface area (Å²) in [6, 6.07) is 3.92. The summed E-state index contributed by atoms with van der Waals surface area (Å²) in [6.07, 6.45) is -0.408. The molecule has 0 bridgehead atoms. The van der Waals surface area contributed by atoms with Crippen LogP contribution < -0.4 is 4.74 Å². The zero-order chi connectivity index (χ0) is 22.1. The van der Waals surface area contributed by atoms with Crippen molar-refractivity contribution in [1.82, 2.24) is 9.80 Å². The molecule has 0 aromatic heterocycles. The Morgan fingerprint density at radius 3 is 2.40 bits per heavy atom. The van der Waals surface area contributed by atoms with Crippen molar-refractivity contribution in [3.05, 3.63) is 23.8 Å². The van der Waals surface area contributed by atoms with Gasteiger partial charge in [0.25, 0.3) is 0 Å². The number of carbonyl (C=O) groups is 1. The Balaban J connectivity index is 1.83. The van der Waals surface area contributed by atoms with Crippen LogP contribution in [0.1, 0.15) is 12.5 Å². The largest absolute Gasteiger partial charge is 0.496 e. The molecule has 11 heteroatoms. The fourth-order valence-electron chi connectivity index (χ4n) is 4.09. The topological polar surface area (TPSA) is 110 Å². The van der Waals surface area contributed by atoms with Gasteiger partial charge in [-0.3, -0.25) is 4.90 Å². The third-order valence-electron chi connectivity index (χ3n) is 5.67. The molecule has 2 heterocycles. The number of hydrogen-bond acceptors (Lipinski definition) is 8. The summed E-state index contributed by atoms with van der Waals surface area (Å²) in [4.78, 5) is 15.4. The number of piperazine rings is 1. The van der Waals surface area contributed by atoms with Crippen LogP contribution in [-0.4, -0.2) is 95.4 Å². The van der Waals surface area contributed by atoms with E-state index in [-0.39, 0.29) is 17.3 Å². The number of benzene rings is 1. The highest BCUT2D eigenvalue weighted by Crippen LogP contribution is 2.31. The van der Waals surface area contributed by atoms with Gasteiger partial charge in [-0.05, 0) is 37.6 Å². The maximum Gasteiger partial charge on any atom is 0.409 e. The van der Waals surface area contributed by atoms with Crippen molar-refractivity contribution >= 4 is 25.8 Å². The molecule has 2 saturated heterocycles. The van der Waals surface area contributed by atoms with Gasteiger partial charge in [0, 0.05) is 32.2 Å². The average Bonchev–Trinajstić information content (AvgIpc) is 3.04. The smallest absolute Gasteiger partial charge is 0.409 e. The first-order chi connectivity index (χ1) is 14.1. The van der Waals surface area contributed by atoms with Gasteiger partial charge in [0.15, 0.2) is 19.7 Å². The van der Waals surface area contributed by atoms with Crippen LogP contribution in [0.15, 0.2) is 23.1 Å². The number of hydrogen-bond donors (Lipinski definition) is 0. The molecule has 0 radical (unpaired) electrons. The van der Waals surface area contributed by atoms with Gasteiger partial charge in [0.1, 0.15) is 5.75 Å². The molecule has 0 saturated carbocycles. The van der Waals surface area contributed by atoms with Crippen LogP contribution >= 0.6 is 0 Å². The Labute approximate surface area is 177 Å². The summed E-state index contributed by atoms with van der Waals surface area (Å²) in [7, 11) is -5.87. The fourth-order valence-corrected chi connectivity index (χ4v) is 9.00. The molecule has 0 spiro atoms. The molecule has 0 unspecified atom stereocenters. The SMILES string of the molecule is CCOC(=O)N1CCN([C@H]2CS(=O)(=O)C[C@@H]2S(=O)(=O)c2ccc(OC)c(C)c2)CC1. The fraction of sp³-hybridized carbons (Fsp3) is 0.632. The van der Waals surface area contributed by atoms with E-state index in [9.17, 15) is 21.6 Å². The van der Waals surface area contributed by atoms with E-state index in [0.717, 1.165) is 0 Å². The third-order valence-corrected chi connectivity index (χ3v) is 9.79. The number of aryl methyl sites for hydroxylation is 1. The molecule has 2 atom stereocenters. The van der Waals surface area contributed by atoms with Gasteiger partial charge in [-0.1, -0.05) is 0 Å². The number of sulfone groups is 2. The molecule has 168 valence electrons. The number of ether oxygens (including phenoxy) is 2. The quantitative estimate of drug-likeness (QED) is 0.632. The lowest BCUT2D eigenvalue weighted by atomic mass is 10.2. The molecule has 1 aromatic rings. The van der Waals surface area contributed by atoms with Crippen molar-refractivity contribution in [2.75, 3.05) is 51.4 Å². The Morgan fingerprint density at radius 2 is 1.83 bits per heavy atom. The van der Waals surface area contributed by atoms with Crippen LogP contribution in [0.5, 0.6) is 5.75 Å². The van der Waals surface area contributed by atoms with Crippen molar-refractivity contribution in [2.24, 2.45) is 0 Å². The molecule has 2 fully saturated rings. The van der Waals surface area contributed by atoms with Crippen molar-refractivity contribution in [2.45, 2.75) is 30.0 Å². The zero-order valence-corrected chi connectivity index (χ0v) is 19.0. The van der Waals surface area contributed by atoms with Crippen LogP contribution in [0.4, 0.5) is 4.79 Å². The molecule has 2 aliphatic rings. The molecule has 9 nitrogen and oxygen atoms in total. The second-order valence-corrected chi connectivity index (χ2v) is 11.9. The third kappa shape index (κ3) is 4.57. The van der Waals surface area contributed by atoms with E-state index in [4.69, 9.17) is 9.47 Å². The number of nitrogens with zero attached hydrogens (tertiary/aromatic N) is 2. The van der Waals surface area contributed by atoms with E-state index >= 15 is 0 Å². The van der Waals surface area contributed by atoms with Gasteiger partial charge in [-0.25, -0.2) is 21.6 Å². The number of amides is 1. The van der Waals surface area contributed by atoms with Crippen molar-refractivity contribution < 1.29 is 31.1 Å². The van der Waals surface area contributed by atoms with Gasteiger partial charge in [-0.2, -0.15) is 0 Å². The molecular weight excluding hydrogens is 432 g/mol. The van der Waals surface area contributed by atoms with E-state index in [1.165, 1.54) is 19.2 Å². The van der Waals surface area contributed by atoms with E-state index in [1.807, 2.05) is 4.90 Å². The molecule has 1 aromatic carbocycles. The normalized spacial score (nSPS) is 24.6. The lowest BCUT2D eigenvalue weighted by Crippen LogP contribution is -2.55. The van der Waals surface area contributed by atoms with Crippen LogP contribution in [-0.2, 0) is 24.4 Å². The molecule has 1 amide bonds. The first kappa shape index (κ1) is 22.8. The van der Waals surface area contributed by atoms with Crippen LogP contribution in [0.25, 0.3) is 0 Å². The van der Waals surface area contributed by atoms with Crippen molar-refractivity contribution in [3.8, 4) is 5.75 Å². The highest BCUT2D eigenvalue weighted by atomic mass is 32.2. The highest BCUT2D eigenvalue weighted by molar-refractivity contribution is 7.96. The summed E-state index contributed by atoms with van der Waals surface area (Å²) in [5.74, 6) is -0.0335. The number of methoxy groups -OCH3 is 1. The highest BCUT2D eigenvalue weighted by Gasteiger charge is 2.48. The minimum atomic E-state index is -3.88. The van der Waals surface area contributed by atoms with Crippen LogP contribution in [0.2, 0.25) is 0 Å². The standard InChI is InChI=1S/C19H28N2O7S2/c1-4-28-19(22)21-9-7-20(8-10-21)16-12-29(23,24)13-18(16)30(25,26)15-5-6-17(27-3)14(2)11-15/h5-6,11,16,18H,4,7-10,12-13H2,1-3H3/t16-,18-/m0/s1. The Bertz CT molecular complexity index is 1000. The van der Waals surface area contributed by atoms with Crippen molar-refractivity contribution in [1.29, 1.82) is 0 Å². The van der Waals surface area contributed by atoms with Gasteiger partial charge in [0.05, 0.1) is 35.4 Å². The molecule has 3 rings (SSSR count). The van der Waals surface area contributed by atoms with Crippen molar-refractivity contribution in [3.63, 3.8) is 0 Å². The van der Waals surface area contributed by atoms with Gasteiger partial charge in [0.2, 0.25) is 0 Å². The minimum absolute atomic E-state index is 0.0954. The molecule has 30 heavy (non-hydrogen) atoms. The maximum atomic E-state index is 13.4. The van der Waals surface area contributed by atoms with Crippen LogP contribution in [0, 0.1) is 6.92 Å². The second kappa shape index (κ2) is 8.72. The minimum Gasteiger partial charge on any atom is -0.496 e. The lowest BCUT2D eigenvalue weighted by Gasteiger charge is -2.38. The van der Waals surface area contributed by atoms with Crippen LogP contribution in [0.3, 0.4) is 0 Å². The summed E-state index contributed by atoms with van der Waals surface area (Å²) >= 11 is 0. The summed E-state index contributed by atoms with van der Waals surface area (Å²) < 4.78 is 61.7. The lowest BCUT2D eigenvalue weighted by molar-refractivity contribution is 0.0700. The monoisotopic (exact) mass is 460 g/mol. The summed E-state index contributed by atoms with van der Waals surface area (Å²) in [5, 5.41) is -1.05. The second-order valence-electron chi connectivity index (χ2n) is 7.58. The maximum absolute atomic E-state index is 13.4. The molecule has 0 aliphatic carbocycles. The van der Waals surface area contributed by atoms with Gasteiger partial charge >= 0.3 is 6.09 Å². The Morgan fingerprint density at radius 1 is 1.17 bits per heavy atom. The number of carbonyl (C=O) groups excluding carboxylic acids is 1. The molecule has 0 N–H and O–H groups in total. The Kier molecular flexibility index (Phi) is 6.63. The van der Waals surface area contributed by atoms with E-state index < -0.39 is 42.8 Å². The number of rotatable bonds is 5. The average molecular weight is 461 g/mol. The zero-order valence-electron chi connectivity index (χ0n) is 17.4. The van der Waals surface area contributed by atoms with E-state index in [0.29, 0.717) is 37.5 Å². The Hall–Kier alpha value is -1.85. The van der Waals surface area contributed by atoms with Gasteiger partial charge < -0.3 is 14.4 Å². The van der Waals surface area contributed by atoms with E-state index in [2.05, 4.69) is 0 Å². The summed E-state index contributed by atoms with van der Waals surface area (Å²) in [6.45, 7) is 5.28. The predicted molar refractivity (Wildman–Crippen MR) is 111 cm³/mol.